The highest BCUT2D eigenvalue weighted by Crippen LogP contribution is 2.18. The summed E-state index contributed by atoms with van der Waals surface area (Å²) in [6.45, 7) is 0. The summed E-state index contributed by atoms with van der Waals surface area (Å²) >= 11 is 1.60. The molecule has 0 atom stereocenters. The van der Waals surface area contributed by atoms with Crippen LogP contribution in [-0.4, -0.2) is 15.0 Å². The van der Waals surface area contributed by atoms with Crippen LogP contribution in [-0.2, 0) is 0 Å². The zero-order valence-electron chi connectivity index (χ0n) is 5.56. The second-order valence-electron chi connectivity index (χ2n) is 1.89. The van der Waals surface area contributed by atoms with Crippen LogP contribution in [0.5, 0.6) is 0 Å². The number of nitrogens with zero attached hydrogens (tertiary/aromatic N) is 3. The van der Waals surface area contributed by atoms with Crippen LogP contribution in [0.4, 0.5) is 0 Å². The number of hydrogen-bond donors (Lipinski definition) is 0. The molecule has 0 N–H and O–H groups in total. The van der Waals surface area contributed by atoms with E-state index in [4.69, 9.17) is 0 Å². The van der Waals surface area contributed by atoms with Crippen molar-refractivity contribution in [1.29, 1.82) is 0 Å². The average molecular weight is 162 g/mol. The molecule has 2 rings (SSSR count). The van der Waals surface area contributed by atoms with Crippen molar-refractivity contribution in [3.05, 3.63) is 30.2 Å². The predicted molar refractivity (Wildman–Crippen MR) is 42.0 cm³/mol. The van der Waals surface area contributed by atoms with Gasteiger partial charge in [-0.15, -0.1) is 11.3 Å². The summed E-state index contributed by atoms with van der Waals surface area (Å²) in [4.78, 5) is 12.5. The Balaban J connectivity index is 2.46. The summed E-state index contributed by atoms with van der Waals surface area (Å²) in [6, 6.07) is 3.93. The standard InChI is InChI=1S/C7H4N3S/c1-2-6(11-3-1)7-9-4-8-5-10-7/h1-4H. The third-order valence-electron chi connectivity index (χ3n) is 1.19. The smallest absolute Gasteiger partial charge is 0.201 e. The van der Waals surface area contributed by atoms with Crippen molar-refractivity contribution in [2.24, 2.45) is 0 Å². The van der Waals surface area contributed by atoms with Crippen molar-refractivity contribution in [3.8, 4) is 10.7 Å². The Bertz CT molecular complexity index is 317. The molecule has 2 aromatic rings. The topological polar surface area (TPSA) is 38.7 Å². The van der Waals surface area contributed by atoms with Gasteiger partial charge in [0.25, 0.3) is 0 Å². The van der Waals surface area contributed by atoms with Gasteiger partial charge < -0.3 is 0 Å². The molecule has 3 nitrogen and oxygen atoms in total. The van der Waals surface area contributed by atoms with Crippen LogP contribution in [0.2, 0.25) is 0 Å². The Kier molecular flexibility index (Phi) is 1.61. The van der Waals surface area contributed by atoms with E-state index in [-0.39, 0.29) is 0 Å². The molecule has 2 aromatic heterocycles. The summed E-state index contributed by atoms with van der Waals surface area (Å²) in [6.07, 6.45) is 3.94. The molecule has 0 aromatic carbocycles. The number of hydrogen-bond acceptors (Lipinski definition) is 4. The Hall–Kier alpha value is -1.29. The highest BCUT2D eigenvalue weighted by Gasteiger charge is 1.98. The third kappa shape index (κ3) is 1.25. The molecule has 2 heterocycles. The van der Waals surface area contributed by atoms with Crippen LogP contribution >= 0.6 is 11.3 Å². The first-order valence-electron chi connectivity index (χ1n) is 3.06. The Morgan fingerprint density at radius 3 is 3.09 bits per heavy atom. The quantitative estimate of drug-likeness (QED) is 0.636. The van der Waals surface area contributed by atoms with E-state index in [1.165, 1.54) is 6.33 Å². The van der Waals surface area contributed by atoms with E-state index in [2.05, 4.69) is 21.3 Å². The highest BCUT2D eigenvalue weighted by atomic mass is 32.1. The largest absolute Gasteiger partial charge is 0.216 e. The number of rotatable bonds is 1. The molecule has 53 valence electrons. The average Bonchev–Trinajstić information content (AvgIpc) is 2.58. The minimum absolute atomic E-state index is 0.690. The zero-order valence-corrected chi connectivity index (χ0v) is 6.38. The fourth-order valence-electron chi connectivity index (χ4n) is 0.739. The van der Waals surface area contributed by atoms with Crippen molar-refractivity contribution < 1.29 is 0 Å². The Morgan fingerprint density at radius 1 is 1.45 bits per heavy atom. The molecule has 0 saturated heterocycles. The Labute approximate surface area is 67.8 Å². The second-order valence-corrected chi connectivity index (χ2v) is 2.83. The van der Waals surface area contributed by atoms with Gasteiger partial charge in [-0.05, 0) is 11.4 Å². The van der Waals surface area contributed by atoms with E-state index < -0.39 is 0 Å². The van der Waals surface area contributed by atoms with Gasteiger partial charge in [-0.1, -0.05) is 6.07 Å². The lowest BCUT2D eigenvalue weighted by atomic mass is 10.4. The minimum atomic E-state index is 0.690. The van der Waals surface area contributed by atoms with E-state index in [0.717, 1.165) is 4.88 Å². The fraction of sp³-hybridized carbons (Fsp3) is 0. The van der Waals surface area contributed by atoms with Gasteiger partial charge in [-0.2, -0.15) is 0 Å². The van der Waals surface area contributed by atoms with Crippen LogP contribution in [0, 0.1) is 6.33 Å². The second kappa shape index (κ2) is 2.75. The van der Waals surface area contributed by atoms with Gasteiger partial charge in [0.2, 0.25) is 6.33 Å². The van der Waals surface area contributed by atoms with Crippen molar-refractivity contribution in [1.82, 2.24) is 15.0 Å². The van der Waals surface area contributed by atoms with Gasteiger partial charge in [-0.25, -0.2) is 15.0 Å². The molecule has 0 fully saturated rings. The maximum absolute atomic E-state index is 3.98. The minimum Gasteiger partial charge on any atom is -0.216 e. The van der Waals surface area contributed by atoms with Crippen LogP contribution in [0.25, 0.3) is 10.7 Å². The molecular formula is C7H4N3S. The van der Waals surface area contributed by atoms with Crippen molar-refractivity contribution in [3.63, 3.8) is 0 Å². The van der Waals surface area contributed by atoms with Gasteiger partial charge in [0.15, 0.2) is 5.82 Å². The van der Waals surface area contributed by atoms with Gasteiger partial charge >= 0.3 is 0 Å². The fourth-order valence-corrected chi connectivity index (χ4v) is 1.40. The number of thiophene rings is 1. The maximum atomic E-state index is 3.98. The molecule has 0 bridgehead atoms. The highest BCUT2D eigenvalue weighted by molar-refractivity contribution is 7.13. The summed E-state index contributed by atoms with van der Waals surface area (Å²) < 4.78 is 0. The first kappa shape index (κ1) is 6.42. The molecule has 0 aliphatic rings. The maximum Gasteiger partial charge on any atom is 0.201 e. The lowest BCUT2D eigenvalue weighted by Crippen LogP contribution is -1.85. The predicted octanol–water partition coefficient (Wildman–Crippen LogP) is 1.40. The molecular weight excluding hydrogens is 158 g/mol. The lowest BCUT2D eigenvalue weighted by molar-refractivity contribution is 1.05. The van der Waals surface area contributed by atoms with Gasteiger partial charge in [0.05, 0.1) is 4.88 Å². The Morgan fingerprint density at radius 2 is 2.45 bits per heavy atom. The van der Waals surface area contributed by atoms with Gasteiger partial charge in [-0.3, -0.25) is 0 Å². The summed E-state index contributed by atoms with van der Waals surface area (Å²) in [7, 11) is 0. The molecule has 0 amide bonds. The molecule has 1 radical (unpaired) electrons. The SMILES string of the molecule is [c]1ncnc(-c2cccs2)n1. The van der Waals surface area contributed by atoms with E-state index in [0.29, 0.717) is 5.82 Å². The number of aromatic nitrogens is 3. The van der Waals surface area contributed by atoms with E-state index in [1.807, 2.05) is 17.5 Å². The van der Waals surface area contributed by atoms with Crippen molar-refractivity contribution in [2.75, 3.05) is 0 Å². The molecule has 0 aliphatic heterocycles. The summed E-state index contributed by atoms with van der Waals surface area (Å²) in [5.41, 5.74) is 0. The van der Waals surface area contributed by atoms with Crippen LogP contribution in [0.1, 0.15) is 0 Å². The molecule has 0 aliphatic carbocycles. The van der Waals surface area contributed by atoms with E-state index in [9.17, 15) is 0 Å². The summed E-state index contributed by atoms with van der Waals surface area (Å²) in [5.74, 6) is 0.690. The molecule has 0 unspecified atom stereocenters. The van der Waals surface area contributed by atoms with Gasteiger partial charge in [0.1, 0.15) is 6.33 Å². The summed E-state index contributed by atoms with van der Waals surface area (Å²) in [5, 5.41) is 1.99. The molecule has 4 heteroatoms. The first-order valence-corrected chi connectivity index (χ1v) is 3.94. The molecule has 0 spiro atoms. The van der Waals surface area contributed by atoms with Crippen LogP contribution < -0.4 is 0 Å². The zero-order chi connectivity index (χ0) is 7.52. The molecule has 11 heavy (non-hydrogen) atoms. The molecule has 0 saturated carbocycles. The van der Waals surface area contributed by atoms with Crippen molar-refractivity contribution >= 4 is 11.3 Å². The normalized spacial score (nSPS) is 9.82. The van der Waals surface area contributed by atoms with Crippen LogP contribution in [0.15, 0.2) is 23.8 Å². The van der Waals surface area contributed by atoms with Crippen molar-refractivity contribution in [2.45, 2.75) is 0 Å². The van der Waals surface area contributed by atoms with E-state index in [1.54, 1.807) is 11.3 Å². The first-order chi connectivity index (χ1) is 5.47. The monoisotopic (exact) mass is 162 g/mol. The van der Waals surface area contributed by atoms with Crippen LogP contribution in [0.3, 0.4) is 0 Å². The third-order valence-corrected chi connectivity index (χ3v) is 2.06. The van der Waals surface area contributed by atoms with E-state index >= 15 is 0 Å². The van der Waals surface area contributed by atoms with Gasteiger partial charge in [0, 0.05) is 0 Å². The lowest BCUT2D eigenvalue weighted by Gasteiger charge is -1.89.